The van der Waals surface area contributed by atoms with Crippen molar-refractivity contribution in [3.63, 3.8) is 0 Å². The highest BCUT2D eigenvalue weighted by molar-refractivity contribution is 7.80. The zero-order chi connectivity index (χ0) is 16.9. The number of para-hydroxylation sites is 2. The molecule has 0 spiro atoms. The number of methoxy groups -OCH3 is 1. The van der Waals surface area contributed by atoms with Crippen molar-refractivity contribution in [2.75, 3.05) is 51.3 Å². The van der Waals surface area contributed by atoms with Crippen molar-refractivity contribution in [1.82, 2.24) is 19.8 Å². The van der Waals surface area contributed by atoms with Crippen molar-refractivity contribution in [2.45, 2.75) is 13.5 Å². The number of rotatable bonds is 5. The van der Waals surface area contributed by atoms with E-state index < -0.39 is 0 Å². The number of piperazine rings is 1. The van der Waals surface area contributed by atoms with Crippen molar-refractivity contribution < 1.29 is 4.74 Å². The van der Waals surface area contributed by atoms with Crippen LogP contribution in [-0.2, 0) is 11.3 Å². The lowest BCUT2D eigenvalue weighted by molar-refractivity contribution is 0.202. The van der Waals surface area contributed by atoms with Gasteiger partial charge in [0, 0.05) is 46.4 Å². The normalized spacial score (nSPS) is 15.1. The zero-order valence-corrected chi connectivity index (χ0v) is 15.2. The van der Waals surface area contributed by atoms with E-state index in [0.29, 0.717) is 6.61 Å². The van der Waals surface area contributed by atoms with Crippen molar-refractivity contribution >= 4 is 34.3 Å². The molecule has 1 aromatic heterocycles. The number of fused-ring (bicyclic) bond motifs is 1. The number of hydrogen-bond acceptors (Lipinski definition) is 4. The van der Waals surface area contributed by atoms with E-state index in [2.05, 4.69) is 44.8 Å². The Morgan fingerprint density at radius 1 is 1.25 bits per heavy atom. The van der Waals surface area contributed by atoms with Crippen LogP contribution in [0.15, 0.2) is 24.3 Å². The molecule has 130 valence electrons. The van der Waals surface area contributed by atoms with Gasteiger partial charge in [0.25, 0.3) is 0 Å². The van der Waals surface area contributed by atoms with Crippen molar-refractivity contribution in [2.24, 2.45) is 0 Å². The number of nitrogens with one attached hydrogen (secondary N) is 1. The lowest BCUT2D eigenvalue weighted by atomic mass is 10.3. The van der Waals surface area contributed by atoms with Gasteiger partial charge in [-0.3, -0.25) is 0 Å². The molecule has 1 fully saturated rings. The first-order chi connectivity index (χ1) is 11.7. The summed E-state index contributed by atoms with van der Waals surface area (Å²) in [5.41, 5.74) is 2.27. The number of aromatic nitrogens is 2. The Morgan fingerprint density at radius 3 is 2.71 bits per heavy atom. The Kier molecular flexibility index (Phi) is 5.52. The van der Waals surface area contributed by atoms with Gasteiger partial charge in [-0.05, 0) is 31.3 Å². The van der Waals surface area contributed by atoms with E-state index in [9.17, 15) is 0 Å². The molecule has 24 heavy (non-hydrogen) atoms. The molecule has 1 saturated heterocycles. The molecule has 2 aromatic rings. The molecule has 0 amide bonds. The molecule has 7 heteroatoms. The number of anilines is 1. The van der Waals surface area contributed by atoms with Crippen LogP contribution in [0.2, 0.25) is 0 Å². The van der Waals surface area contributed by atoms with E-state index in [-0.39, 0.29) is 0 Å². The molecule has 1 aliphatic heterocycles. The molecular formula is C17H25N5OS. The lowest BCUT2D eigenvalue weighted by Gasteiger charge is -2.36. The van der Waals surface area contributed by atoms with Crippen molar-refractivity contribution in [1.29, 1.82) is 0 Å². The Morgan fingerprint density at radius 2 is 2.00 bits per heavy atom. The van der Waals surface area contributed by atoms with E-state index in [1.165, 1.54) is 5.52 Å². The standard InChI is InChI=1S/C17H25N5OS/c1-3-22-15-7-5-4-6-14(15)19-16(22)20-9-11-21(12-10-20)17(24)18-8-13-23-2/h4-7H,3,8-13H2,1-2H3,(H,18,24). The summed E-state index contributed by atoms with van der Waals surface area (Å²) in [5, 5.41) is 4.06. The minimum absolute atomic E-state index is 0.667. The SMILES string of the molecule is CCn1c(N2CCN(C(=S)NCCOC)CC2)nc2ccccc21. The first-order valence-corrected chi connectivity index (χ1v) is 8.87. The molecule has 6 nitrogen and oxygen atoms in total. The highest BCUT2D eigenvalue weighted by atomic mass is 32.1. The van der Waals surface area contributed by atoms with Crippen LogP contribution in [0.5, 0.6) is 0 Å². The molecular weight excluding hydrogens is 322 g/mol. The van der Waals surface area contributed by atoms with Gasteiger partial charge in [0.2, 0.25) is 5.95 Å². The zero-order valence-electron chi connectivity index (χ0n) is 14.4. The molecule has 1 aromatic carbocycles. The van der Waals surface area contributed by atoms with Crippen molar-refractivity contribution in [3.8, 4) is 0 Å². The van der Waals surface area contributed by atoms with Crippen LogP contribution in [0.25, 0.3) is 11.0 Å². The van der Waals surface area contributed by atoms with E-state index in [4.69, 9.17) is 21.9 Å². The van der Waals surface area contributed by atoms with E-state index in [0.717, 1.165) is 55.8 Å². The fourth-order valence-electron chi connectivity index (χ4n) is 3.10. The summed E-state index contributed by atoms with van der Waals surface area (Å²) in [5.74, 6) is 1.07. The lowest BCUT2D eigenvalue weighted by Crippen LogP contribution is -2.52. The van der Waals surface area contributed by atoms with Crippen LogP contribution in [0.1, 0.15) is 6.92 Å². The van der Waals surface area contributed by atoms with Gasteiger partial charge in [0.15, 0.2) is 5.11 Å². The van der Waals surface area contributed by atoms with E-state index in [1.807, 2.05) is 6.07 Å². The number of hydrogen-bond donors (Lipinski definition) is 1. The number of nitrogens with zero attached hydrogens (tertiary/aromatic N) is 4. The van der Waals surface area contributed by atoms with Crippen LogP contribution < -0.4 is 10.2 Å². The third-order valence-electron chi connectivity index (χ3n) is 4.38. The Balaban J connectivity index is 1.66. The fraction of sp³-hybridized carbons (Fsp3) is 0.529. The second-order valence-corrected chi connectivity index (χ2v) is 6.23. The topological polar surface area (TPSA) is 45.6 Å². The summed E-state index contributed by atoms with van der Waals surface area (Å²) in [4.78, 5) is 9.42. The Labute approximate surface area is 148 Å². The highest BCUT2D eigenvalue weighted by Gasteiger charge is 2.22. The highest BCUT2D eigenvalue weighted by Crippen LogP contribution is 2.23. The Hall–Kier alpha value is -1.86. The molecule has 1 N–H and O–H groups in total. The second-order valence-electron chi connectivity index (χ2n) is 5.84. The summed E-state index contributed by atoms with van der Waals surface area (Å²) in [7, 11) is 1.70. The molecule has 0 unspecified atom stereocenters. The fourth-order valence-corrected chi connectivity index (χ4v) is 3.38. The smallest absolute Gasteiger partial charge is 0.206 e. The summed E-state index contributed by atoms with van der Waals surface area (Å²) in [6, 6.07) is 8.33. The van der Waals surface area contributed by atoms with Gasteiger partial charge in [-0.1, -0.05) is 12.1 Å². The number of aryl methyl sites for hydroxylation is 1. The number of benzene rings is 1. The summed E-state index contributed by atoms with van der Waals surface area (Å²) in [6.45, 7) is 8.18. The minimum atomic E-state index is 0.667. The number of imidazole rings is 1. The molecule has 0 aliphatic carbocycles. The molecule has 1 aliphatic rings. The van der Waals surface area contributed by atoms with Crippen molar-refractivity contribution in [3.05, 3.63) is 24.3 Å². The van der Waals surface area contributed by atoms with Gasteiger partial charge in [0.05, 0.1) is 17.6 Å². The number of thiocarbonyl (C=S) groups is 1. The van der Waals surface area contributed by atoms with Gasteiger partial charge >= 0.3 is 0 Å². The monoisotopic (exact) mass is 347 g/mol. The largest absolute Gasteiger partial charge is 0.383 e. The quantitative estimate of drug-likeness (QED) is 0.656. The average molecular weight is 347 g/mol. The van der Waals surface area contributed by atoms with Crippen LogP contribution in [0.4, 0.5) is 5.95 Å². The van der Waals surface area contributed by atoms with Gasteiger partial charge in [0.1, 0.15) is 0 Å². The first kappa shape index (κ1) is 17.0. The van der Waals surface area contributed by atoms with Gasteiger partial charge in [-0.25, -0.2) is 4.98 Å². The Bertz CT molecular complexity index is 693. The molecule has 0 bridgehead atoms. The maximum atomic E-state index is 5.46. The molecule has 0 saturated carbocycles. The van der Waals surface area contributed by atoms with Crippen LogP contribution in [0, 0.1) is 0 Å². The van der Waals surface area contributed by atoms with Crippen LogP contribution >= 0.6 is 12.2 Å². The van der Waals surface area contributed by atoms with Crippen LogP contribution in [-0.4, -0.2) is 66.0 Å². The van der Waals surface area contributed by atoms with Gasteiger partial charge in [-0.2, -0.15) is 0 Å². The summed E-state index contributed by atoms with van der Waals surface area (Å²) in [6.07, 6.45) is 0. The second kappa shape index (κ2) is 7.81. The number of ether oxygens (including phenoxy) is 1. The van der Waals surface area contributed by atoms with E-state index in [1.54, 1.807) is 7.11 Å². The summed E-state index contributed by atoms with van der Waals surface area (Å²) >= 11 is 5.46. The predicted octanol–water partition coefficient (Wildman–Crippen LogP) is 1.70. The average Bonchev–Trinajstić information content (AvgIpc) is 3.00. The summed E-state index contributed by atoms with van der Waals surface area (Å²) < 4.78 is 7.34. The molecule has 3 rings (SSSR count). The molecule has 2 heterocycles. The molecule has 0 radical (unpaired) electrons. The van der Waals surface area contributed by atoms with Gasteiger partial charge in [-0.15, -0.1) is 0 Å². The van der Waals surface area contributed by atoms with Gasteiger partial charge < -0.3 is 24.4 Å². The first-order valence-electron chi connectivity index (χ1n) is 8.46. The minimum Gasteiger partial charge on any atom is -0.383 e. The van der Waals surface area contributed by atoms with E-state index >= 15 is 0 Å². The predicted molar refractivity (Wildman–Crippen MR) is 102 cm³/mol. The third kappa shape index (κ3) is 3.47. The third-order valence-corrected chi connectivity index (χ3v) is 4.79. The van der Waals surface area contributed by atoms with Crippen LogP contribution in [0.3, 0.4) is 0 Å². The maximum Gasteiger partial charge on any atom is 0.206 e. The molecule has 0 atom stereocenters. The maximum absolute atomic E-state index is 5.46.